The summed E-state index contributed by atoms with van der Waals surface area (Å²) in [6, 6.07) is 8.26. The molecule has 0 spiro atoms. The number of amides is 1. The number of rotatable bonds is 4. The highest BCUT2D eigenvalue weighted by Gasteiger charge is 2.25. The standard InChI is InChI=1S/C22H21F2N3O3/c23-15-2-3-17-14(6-15)12-30-20-8-13(19(24)9-18(17)20)7-16(10-25)27-22(28)21-11-26-4-1-5-29-21/h2-3,6,8-9,16,21,26H,1,4-5,7,11-12H2,(H,27,28). The summed E-state index contributed by atoms with van der Waals surface area (Å²) in [6.07, 6.45) is 0.111. The van der Waals surface area contributed by atoms with Crippen molar-refractivity contribution in [2.75, 3.05) is 19.7 Å². The van der Waals surface area contributed by atoms with E-state index in [1.54, 1.807) is 6.07 Å². The van der Waals surface area contributed by atoms with Crippen LogP contribution < -0.4 is 15.4 Å². The van der Waals surface area contributed by atoms with Gasteiger partial charge in [0, 0.05) is 30.7 Å². The van der Waals surface area contributed by atoms with Gasteiger partial charge in [-0.1, -0.05) is 6.07 Å². The number of nitrogens with one attached hydrogen (secondary N) is 2. The molecule has 2 heterocycles. The lowest BCUT2D eigenvalue weighted by atomic mass is 9.94. The zero-order chi connectivity index (χ0) is 21.1. The first-order valence-corrected chi connectivity index (χ1v) is 9.81. The lowest BCUT2D eigenvalue weighted by Crippen LogP contribution is -2.46. The maximum absolute atomic E-state index is 14.8. The predicted octanol–water partition coefficient (Wildman–Crippen LogP) is 2.45. The summed E-state index contributed by atoms with van der Waals surface area (Å²) in [6.45, 7) is 1.77. The number of hydrogen-bond acceptors (Lipinski definition) is 5. The molecule has 8 heteroatoms. The molecule has 0 radical (unpaired) electrons. The molecule has 4 rings (SSSR count). The van der Waals surface area contributed by atoms with Gasteiger partial charge in [0.05, 0.1) is 6.07 Å². The Hall–Kier alpha value is -3.02. The van der Waals surface area contributed by atoms with E-state index in [2.05, 4.69) is 10.6 Å². The normalized spacial score (nSPS) is 18.8. The van der Waals surface area contributed by atoms with Crippen molar-refractivity contribution in [3.05, 3.63) is 53.1 Å². The third kappa shape index (κ3) is 4.27. The van der Waals surface area contributed by atoms with Crippen molar-refractivity contribution in [1.29, 1.82) is 5.26 Å². The van der Waals surface area contributed by atoms with E-state index >= 15 is 0 Å². The van der Waals surface area contributed by atoms with Gasteiger partial charge in [-0.3, -0.25) is 4.79 Å². The van der Waals surface area contributed by atoms with Crippen LogP contribution in [0.5, 0.6) is 5.75 Å². The molecule has 0 saturated carbocycles. The van der Waals surface area contributed by atoms with Gasteiger partial charge in [0.1, 0.15) is 36.1 Å². The Bertz CT molecular complexity index is 998. The molecule has 0 aliphatic carbocycles. The van der Waals surface area contributed by atoms with Gasteiger partial charge in [0.25, 0.3) is 5.91 Å². The Morgan fingerprint density at radius 3 is 3.00 bits per heavy atom. The molecular formula is C22H21F2N3O3. The largest absolute Gasteiger partial charge is 0.488 e. The van der Waals surface area contributed by atoms with Gasteiger partial charge in [-0.25, -0.2) is 8.78 Å². The molecule has 1 fully saturated rings. The molecule has 0 bridgehead atoms. The topological polar surface area (TPSA) is 83.4 Å². The maximum Gasteiger partial charge on any atom is 0.251 e. The smallest absolute Gasteiger partial charge is 0.251 e. The number of fused-ring (bicyclic) bond motifs is 3. The number of carbonyl (C=O) groups excluding carboxylic acids is 1. The summed E-state index contributed by atoms with van der Waals surface area (Å²) in [5, 5.41) is 15.2. The SMILES string of the molecule is N#CC(Cc1cc2c(cc1F)-c1ccc(F)cc1CO2)NC(=O)C1CNCCCO1. The number of nitrogens with zero attached hydrogens (tertiary/aromatic N) is 1. The van der Waals surface area contributed by atoms with E-state index in [4.69, 9.17) is 9.47 Å². The van der Waals surface area contributed by atoms with Crippen molar-refractivity contribution in [1.82, 2.24) is 10.6 Å². The average Bonchev–Trinajstić information content (AvgIpc) is 3.03. The number of benzene rings is 2. The summed E-state index contributed by atoms with van der Waals surface area (Å²) < 4.78 is 39.4. The summed E-state index contributed by atoms with van der Waals surface area (Å²) in [5.41, 5.74) is 2.15. The summed E-state index contributed by atoms with van der Waals surface area (Å²) in [5.74, 6) is -0.832. The molecule has 2 aliphatic rings. The highest BCUT2D eigenvalue weighted by atomic mass is 19.1. The second-order valence-corrected chi connectivity index (χ2v) is 7.34. The number of halogens is 2. The van der Waals surface area contributed by atoms with E-state index in [9.17, 15) is 18.8 Å². The second-order valence-electron chi connectivity index (χ2n) is 7.34. The van der Waals surface area contributed by atoms with Gasteiger partial charge in [0.2, 0.25) is 0 Å². The third-order valence-electron chi connectivity index (χ3n) is 5.22. The molecule has 2 aromatic carbocycles. The van der Waals surface area contributed by atoms with Crippen LogP contribution in [0.25, 0.3) is 11.1 Å². The Kier molecular flexibility index (Phi) is 5.93. The fourth-order valence-corrected chi connectivity index (χ4v) is 3.68. The first-order valence-electron chi connectivity index (χ1n) is 9.81. The zero-order valence-electron chi connectivity index (χ0n) is 16.2. The lowest BCUT2D eigenvalue weighted by molar-refractivity contribution is -0.132. The van der Waals surface area contributed by atoms with Gasteiger partial charge >= 0.3 is 0 Å². The molecule has 0 aromatic heterocycles. The van der Waals surface area contributed by atoms with E-state index in [1.807, 2.05) is 6.07 Å². The van der Waals surface area contributed by atoms with Gasteiger partial charge in [-0.15, -0.1) is 0 Å². The maximum atomic E-state index is 14.8. The Labute approximate surface area is 172 Å². The molecule has 30 heavy (non-hydrogen) atoms. The van der Waals surface area contributed by atoms with Crippen LogP contribution in [0.4, 0.5) is 8.78 Å². The van der Waals surface area contributed by atoms with E-state index < -0.39 is 23.9 Å². The molecule has 1 saturated heterocycles. The summed E-state index contributed by atoms with van der Waals surface area (Å²) in [4.78, 5) is 12.4. The quantitative estimate of drug-likeness (QED) is 0.805. The van der Waals surface area contributed by atoms with Crippen LogP contribution in [-0.2, 0) is 22.6 Å². The number of nitriles is 1. The van der Waals surface area contributed by atoms with Gasteiger partial charge in [0.15, 0.2) is 0 Å². The van der Waals surface area contributed by atoms with Crippen LogP contribution in [0, 0.1) is 23.0 Å². The molecule has 2 aliphatic heterocycles. The molecule has 2 atom stereocenters. The van der Waals surface area contributed by atoms with Crippen molar-refractivity contribution >= 4 is 5.91 Å². The molecular weight excluding hydrogens is 392 g/mol. The average molecular weight is 413 g/mol. The van der Waals surface area contributed by atoms with Crippen LogP contribution in [0.1, 0.15) is 17.5 Å². The zero-order valence-corrected chi connectivity index (χ0v) is 16.2. The highest BCUT2D eigenvalue weighted by molar-refractivity contribution is 5.81. The summed E-state index contributed by atoms with van der Waals surface area (Å²) >= 11 is 0. The van der Waals surface area contributed by atoms with Crippen LogP contribution in [0.2, 0.25) is 0 Å². The van der Waals surface area contributed by atoms with Gasteiger partial charge in [-0.2, -0.15) is 5.26 Å². The Balaban J connectivity index is 1.51. The van der Waals surface area contributed by atoms with Gasteiger partial charge in [-0.05, 0) is 48.4 Å². The van der Waals surface area contributed by atoms with Crippen LogP contribution in [0.15, 0.2) is 30.3 Å². The van der Waals surface area contributed by atoms with E-state index in [-0.39, 0.29) is 24.4 Å². The Morgan fingerprint density at radius 2 is 2.17 bits per heavy atom. The monoisotopic (exact) mass is 413 g/mol. The minimum atomic E-state index is -0.915. The minimum absolute atomic E-state index is 0.0128. The highest BCUT2D eigenvalue weighted by Crippen LogP contribution is 2.39. The molecule has 6 nitrogen and oxygen atoms in total. The molecule has 2 aromatic rings. The Morgan fingerprint density at radius 1 is 1.30 bits per heavy atom. The van der Waals surface area contributed by atoms with E-state index in [0.29, 0.717) is 35.6 Å². The molecule has 2 unspecified atom stereocenters. The number of ether oxygens (including phenoxy) is 2. The number of hydrogen-bond donors (Lipinski definition) is 2. The van der Waals surface area contributed by atoms with Crippen LogP contribution in [0.3, 0.4) is 0 Å². The van der Waals surface area contributed by atoms with Crippen molar-refractivity contribution in [2.24, 2.45) is 0 Å². The first-order chi connectivity index (χ1) is 14.5. The third-order valence-corrected chi connectivity index (χ3v) is 5.22. The van der Waals surface area contributed by atoms with Crippen molar-refractivity contribution in [3.8, 4) is 22.9 Å². The number of carbonyl (C=O) groups is 1. The molecule has 2 N–H and O–H groups in total. The first kappa shape index (κ1) is 20.3. The van der Waals surface area contributed by atoms with Gasteiger partial charge < -0.3 is 20.1 Å². The lowest BCUT2D eigenvalue weighted by Gasteiger charge is -2.23. The second kappa shape index (κ2) is 8.78. The molecule has 156 valence electrons. The van der Waals surface area contributed by atoms with E-state index in [0.717, 1.165) is 13.0 Å². The summed E-state index contributed by atoms with van der Waals surface area (Å²) in [7, 11) is 0. The predicted molar refractivity (Wildman–Crippen MR) is 105 cm³/mol. The van der Waals surface area contributed by atoms with Crippen molar-refractivity contribution in [3.63, 3.8) is 0 Å². The van der Waals surface area contributed by atoms with Crippen molar-refractivity contribution in [2.45, 2.75) is 31.6 Å². The minimum Gasteiger partial charge on any atom is -0.488 e. The fraction of sp³-hybridized carbons (Fsp3) is 0.364. The van der Waals surface area contributed by atoms with Crippen LogP contribution >= 0.6 is 0 Å². The fourth-order valence-electron chi connectivity index (χ4n) is 3.68. The van der Waals surface area contributed by atoms with Crippen LogP contribution in [-0.4, -0.2) is 37.7 Å². The van der Waals surface area contributed by atoms with Crippen molar-refractivity contribution < 1.29 is 23.0 Å². The van der Waals surface area contributed by atoms with E-state index in [1.165, 1.54) is 24.3 Å². The molecule has 1 amide bonds.